The van der Waals surface area contributed by atoms with Crippen LogP contribution in [0.5, 0.6) is 5.75 Å². The summed E-state index contributed by atoms with van der Waals surface area (Å²) in [7, 11) is 1.68. The number of nitrogens with zero attached hydrogens (tertiary/aromatic N) is 2. The van der Waals surface area contributed by atoms with E-state index in [2.05, 4.69) is 45.9 Å². The average molecular weight is 451 g/mol. The number of methoxy groups -OCH3 is 1. The third kappa shape index (κ3) is 5.71. The molecule has 174 valence electrons. The Balaban J connectivity index is 1.48. The molecule has 1 aromatic heterocycles. The van der Waals surface area contributed by atoms with E-state index in [4.69, 9.17) is 9.47 Å². The zero-order valence-electron chi connectivity index (χ0n) is 19.0. The summed E-state index contributed by atoms with van der Waals surface area (Å²) in [6, 6.07) is 24.3. The Bertz CT molecular complexity index is 1110. The van der Waals surface area contributed by atoms with E-state index in [0.29, 0.717) is 38.5 Å². The summed E-state index contributed by atoms with van der Waals surface area (Å²) < 4.78 is 25.1. The molecule has 5 nitrogen and oxygen atoms in total. The molecule has 0 aliphatic heterocycles. The van der Waals surface area contributed by atoms with Gasteiger partial charge in [-0.1, -0.05) is 48.5 Å². The maximum absolute atomic E-state index is 12.3. The number of hydrogen-bond acceptors (Lipinski definition) is 4. The van der Waals surface area contributed by atoms with E-state index in [-0.39, 0.29) is 6.61 Å². The number of alkyl halides is 1. The zero-order valence-corrected chi connectivity index (χ0v) is 19.0. The van der Waals surface area contributed by atoms with Crippen molar-refractivity contribution in [2.45, 2.75) is 19.2 Å². The molecule has 0 saturated heterocycles. The van der Waals surface area contributed by atoms with Crippen molar-refractivity contribution in [3.8, 4) is 5.75 Å². The van der Waals surface area contributed by atoms with Gasteiger partial charge in [0.05, 0.1) is 19.3 Å². The number of rotatable bonds is 12. The highest BCUT2D eigenvalue weighted by Crippen LogP contribution is 2.29. The van der Waals surface area contributed by atoms with Crippen LogP contribution in [0.25, 0.3) is 21.8 Å². The Hall–Kier alpha value is -2.93. The van der Waals surface area contributed by atoms with E-state index >= 15 is 0 Å². The largest absolute Gasteiger partial charge is 0.491 e. The van der Waals surface area contributed by atoms with Crippen molar-refractivity contribution in [2.75, 3.05) is 40.1 Å². The van der Waals surface area contributed by atoms with Crippen molar-refractivity contribution in [1.29, 1.82) is 0 Å². The fourth-order valence-corrected chi connectivity index (χ4v) is 4.33. The van der Waals surface area contributed by atoms with Gasteiger partial charge in [0.2, 0.25) is 0 Å². The van der Waals surface area contributed by atoms with Gasteiger partial charge in [0.15, 0.2) is 0 Å². The first-order valence-corrected chi connectivity index (χ1v) is 11.3. The van der Waals surface area contributed by atoms with E-state index in [1.165, 1.54) is 10.8 Å². The van der Waals surface area contributed by atoms with E-state index in [9.17, 15) is 9.50 Å². The number of ether oxygens (including phenoxy) is 2. The Kier molecular flexibility index (Phi) is 7.94. The fourth-order valence-electron chi connectivity index (χ4n) is 4.33. The van der Waals surface area contributed by atoms with Crippen molar-refractivity contribution < 1.29 is 19.0 Å². The zero-order chi connectivity index (χ0) is 23.0. The highest BCUT2D eigenvalue weighted by molar-refractivity contribution is 6.07. The van der Waals surface area contributed by atoms with Gasteiger partial charge in [-0.15, -0.1) is 0 Å². The molecule has 0 fully saturated rings. The lowest BCUT2D eigenvalue weighted by Crippen LogP contribution is -2.36. The molecule has 0 spiro atoms. The fraction of sp³-hybridized carbons (Fsp3) is 0.333. The minimum Gasteiger partial charge on any atom is -0.491 e. The third-order valence-corrected chi connectivity index (χ3v) is 5.83. The second-order valence-electron chi connectivity index (χ2n) is 8.21. The van der Waals surface area contributed by atoms with Crippen LogP contribution in [0.15, 0.2) is 72.8 Å². The highest BCUT2D eigenvalue weighted by Gasteiger charge is 2.16. The molecule has 4 rings (SSSR count). The second kappa shape index (κ2) is 11.3. The molecular weight excluding hydrogens is 419 g/mol. The molecule has 0 aliphatic rings. The van der Waals surface area contributed by atoms with Crippen molar-refractivity contribution >= 4 is 21.8 Å². The number of benzene rings is 3. The van der Waals surface area contributed by atoms with E-state index in [0.717, 1.165) is 16.6 Å². The van der Waals surface area contributed by atoms with E-state index in [1.54, 1.807) is 7.11 Å². The summed E-state index contributed by atoms with van der Waals surface area (Å²) in [4.78, 5) is 2.19. The molecule has 0 amide bonds. The van der Waals surface area contributed by atoms with E-state index < -0.39 is 12.8 Å². The molecule has 1 atom stereocenters. The molecule has 3 aromatic carbocycles. The molecule has 4 aromatic rings. The van der Waals surface area contributed by atoms with Crippen LogP contribution in [0.3, 0.4) is 0 Å². The lowest BCUT2D eigenvalue weighted by molar-refractivity contribution is 0.0768. The SMILES string of the molecule is COCCN(Cc1ccc(OCCF)cc1)C[C@H](O)Cn1c2ccccc2c2ccccc21. The lowest BCUT2D eigenvalue weighted by atomic mass is 10.2. The second-order valence-corrected chi connectivity index (χ2v) is 8.21. The van der Waals surface area contributed by atoms with E-state index in [1.807, 2.05) is 36.4 Å². The van der Waals surface area contributed by atoms with Gasteiger partial charge in [0.25, 0.3) is 0 Å². The first kappa shape index (κ1) is 23.2. The van der Waals surface area contributed by atoms with Crippen LogP contribution >= 0.6 is 0 Å². The number of aromatic nitrogens is 1. The Morgan fingerprint density at radius 1 is 0.909 bits per heavy atom. The number of para-hydroxylation sites is 2. The molecule has 1 heterocycles. The molecule has 0 saturated carbocycles. The quantitative estimate of drug-likeness (QED) is 0.341. The van der Waals surface area contributed by atoms with Crippen molar-refractivity contribution in [3.63, 3.8) is 0 Å². The molecule has 1 N–H and O–H groups in total. The van der Waals surface area contributed by atoms with Crippen LogP contribution in [0.4, 0.5) is 4.39 Å². The van der Waals surface area contributed by atoms with Crippen LogP contribution in [0.1, 0.15) is 5.56 Å². The monoisotopic (exact) mass is 450 g/mol. The van der Waals surface area contributed by atoms with Gasteiger partial charge in [-0.25, -0.2) is 4.39 Å². The van der Waals surface area contributed by atoms with Crippen LogP contribution in [-0.4, -0.2) is 60.8 Å². The lowest BCUT2D eigenvalue weighted by Gasteiger charge is -2.25. The molecule has 6 heteroatoms. The first-order valence-electron chi connectivity index (χ1n) is 11.3. The summed E-state index contributed by atoms with van der Waals surface area (Å²) in [5.41, 5.74) is 3.36. The maximum Gasteiger partial charge on any atom is 0.123 e. The third-order valence-electron chi connectivity index (χ3n) is 5.83. The van der Waals surface area contributed by atoms with Gasteiger partial charge in [-0.2, -0.15) is 0 Å². The summed E-state index contributed by atoms with van der Waals surface area (Å²) >= 11 is 0. The summed E-state index contributed by atoms with van der Waals surface area (Å²) in [5, 5.41) is 13.5. The Morgan fingerprint density at radius 3 is 2.15 bits per heavy atom. The highest BCUT2D eigenvalue weighted by atomic mass is 19.1. The van der Waals surface area contributed by atoms with Crippen LogP contribution in [-0.2, 0) is 17.8 Å². The van der Waals surface area contributed by atoms with Gasteiger partial charge < -0.3 is 19.1 Å². The topological polar surface area (TPSA) is 46.9 Å². The molecular formula is C27H31FN2O3. The number of hydrogen-bond donors (Lipinski definition) is 1. The van der Waals surface area contributed by atoms with Gasteiger partial charge >= 0.3 is 0 Å². The minimum atomic E-state index is -0.548. The smallest absolute Gasteiger partial charge is 0.123 e. The summed E-state index contributed by atoms with van der Waals surface area (Å²) in [5.74, 6) is 0.659. The normalized spacial score (nSPS) is 12.6. The van der Waals surface area contributed by atoms with Gasteiger partial charge in [-0.3, -0.25) is 4.90 Å². The Labute approximate surface area is 194 Å². The number of fused-ring (bicyclic) bond motifs is 3. The number of aliphatic hydroxyl groups is 1. The maximum atomic E-state index is 12.3. The standard InChI is InChI=1S/C27H31FN2O3/c1-32-17-15-29(18-21-10-12-23(13-11-21)33-16-14-28)19-22(31)20-30-26-8-4-2-6-24(26)25-7-3-5-9-27(25)30/h2-13,22,31H,14-20H2,1H3/t22-/m0/s1. The van der Waals surface area contributed by atoms with Gasteiger partial charge in [0, 0.05) is 48.5 Å². The van der Waals surface area contributed by atoms with Gasteiger partial charge in [0.1, 0.15) is 19.0 Å². The summed E-state index contributed by atoms with van der Waals surface area (Å²) in [6.45, 7) is 2.56. The molecule has 33 heavy (non-hydrogen) atoms. The molecule has 0 aliphatic carbocycles. The van der Waals surface area contributed by atoms with Gasteiger partial charge in [-0.05, 0) is 29.8 Å². The predicted molar refractivity (Wildman–Crippen MR) is 131 cm³/mol. The van der Waals surface area contributed by atoms with Crippen LogP contribution < -0.4 is 4.74 Å². The van der Waals surface area contributed by atoms with Crippen LogP contribution in [0, 0.1) is 0 Å². The van der Waals surface area contributed by atoms with Crippen molar-refractivity contribution in [2.24, 2.45) is 0 Å². The van der Waals surface area contributed by atoms with Crippen LogP contribution in [0.2, 0.25) is 0 Å². The number of halogens is 1. The molecule has 0 unspecified atom stereocenters. The average Bonchev–Trinajstić information content (AvgIpc) is 3.16. The van der Waals surface area contributed by atoms with Crippen molar-refractivity contribution in [3.05, 3.63) is 78.4 Å². The van der Waals surface area contributed by atoms with Crippen molar-refractivity contribution in [1.82, 2.24) is 9.47 Å². The first-order chi connectivity index (χ1) is 16.2. The Morgan fingerprint density at radius 2 is 1.55 bits per heavy atom. The minimum absolute atomic E-state index is 0.0638. The predicted octanol–water partition coefficient (Wildman–Crippen LogP) is 4.65. The molecule has 0 radical (unpaired) electrons. The molecule has 0 bridgehead atoms. The number of aliphatic hydroxyl groups excluding tert-OH is 1. The summed E-state index contributed by atoms with van der Waals surface area (Å²) in [6.07, 6.45) is -0.548.